The van der Waals surface area contributed by atoms with Gasteiger partial charge in [0, 0.05) is 17.5 Å². The summed E-state index contributed by atoms with van der Waals surface area (Å²) in [5.41, 5.74) is 0.431. The number of carbonyl (C=O) groups excluding carboxylic acids is 1. The molecule has 1 N–H and O–H groups in total. The lowest BCUT2D eigenvalue weighted by Gasteiger charge is -2.27. The molecule has 0 aliphatic carbocycles. The normalized spacial score (nSPS) is 16.3. The van der Waals surface area contributed by atoms with Crippen molar-refractivity contribution in [2.45, 2.75) is 44.7 Å². The molecule has 1 aromatic carbocycles. The van der Waals surface area contributed by atoms with E-state index in [1.54, 1.807) is 29.2 Å². The van der Waals surface area contributed by atoms with Crippen LogP contribution in [-0.2, 0) is 21.2 Å². The number of sulfonamides is 1. The highest BCUT2D eigenvalue weighted by molar-refractivity contribution is 7.94. The highest BCUT2D eigenvalue weighted by Crippen LogP contribution is 2.38. The number of benzene rings is 1. The SMILES string of the molecule is CCCN1C(=O)C(C)(C)COc2cc(NS(=O)(=O)c3ccc(CC)s3)ccc21. The molecule has 0 spiro atoms. The summed E-state index contributed by atoms with van der Waals surface area (Å²) in [4.78, 5) is 15.6. The number of thiophene rings is 1. The van der Waals surface area contributed by atoms with Crippen molar-refractivity contribution in [3.05, 3.63) is 35.2 Å². The predicted molar refractivity (Wildman–Crippen MR) is 113 cm³/mol. The van der Waals surface area contributed by atoms with Crippen molar-refractivity contribution in [2.75, 3.05) is 22.8 Å². The van der Waals surface area contributed by atoms with E-state index in [1.807, 2.05) is 33.8 Å². The van der Waals surface area contributed by atoms with E-state index in [9.17, 15) is 13.2 Å². The van der Waals surface area contributed by atoms with Gasteiger partial charge < -0.3 is 9.64 Å². The molecular weight excluding hydrogens is 396 g/mol. The Hall–Kier alpha value is -2.06. The molecule has 6 nitrogen and oxygen atoms in total. The van der Waals surface area contributed by atoms with Crippen molar-refractivity contribution >= 4 is 38.6 Å². The van der Waals surface area contributed by atoms with Crippen LogP contribution in [0.2, 0.25) is 0 Å². The Morgan fingerprint density at radius 2 is 1.96 bits per heavy atom. The van der Waals surface area contributed by atoms with Crippen LogP contribution in [0.15, 0.2) is 34.5 Å². The molecule has 2 aromatic rings. The van der Waals surface area contributed by atoms with Crippen LogP contribution < -0.4 is 14.4 Å². The van der Waals surface area contributed by atoms with Gasteiger partial charge in [-0.1, -0.05) is 13.8 Å². The monoisotopic (exact) mass is 422 g/mol. The van der Waals surface area contributed by atoms with Crippen LogP contribution in [0.4, 0.5) is 11.4 Å². The lowest BCUT2D eigenvalue weighted by molar-refractivity contribution is -0.127. The molecule has 1 amide bonds. The first kappa shape index (κ1) is 20.7. The molecule has 2 heterocycles. The van der Waals surface area contributed by atoms with Crippen LogP contribution in [0.25, 0.3) is 0 Å². The zero-order chi connectivity index (χ0) is 20.5. The van der Waals surface area contributed by atoms with Crippen molar-refractivity contribution in [2.24, 2.45) is 5.41 Å². The molecule has 0 saturated carbocycles. The van der Waals surface area contributed by atoms with E-state index in [4.69, 9.17) is 4.74 Å². The second-order valence-electron chi connectivity index (χ2n) is 7.49. The van der Waals surface area contributed by atoms with E-state index in [0.717, 1.165) is 17.7 Å². The Labute approximate surface area is 170 Å². The number of amides is 1. The Morgan fingerprint density at radius 1 is 1.21 bits per heavy atom. The fraction of sp³-hybridized carbons (Fsp3) is 0.450. The number of nitrogens with one attached hydrogen (secondary N) is 1. The molecule has 1 aromatic heterocycles. The van der Waals surface area contributed by atoms with Crippen molar-refractivity contribution in [1.82, 2.24) is 0 Å². The zero-order valence-corrected chi connectivity index (χ0v) is 18.2. The summed E-state index contributed by atoms with van der Waals surface area (Å²) in [5.74, 6) is 0.514. The summed E-state index contributed by atoms with van der Waals surface area (Å²) in [5, 5.41) is 0. The van der Waals surface area contributed by atoms with Crippen LogP contribution >= 0.6 is 11.3 Å². The number of hydrogen-bond donors (Lipinski definition) is 1. The van der Waals surface area contributed by atoms with Crippen LogP contribution in [0.1, 0.15) is 39.0 Å². The summed E-state index contributed by atoms with van der Waals surface area (Å²) >= 11 is 1.26. The summed E-state index contributed by atoms with van der Waals surface area (Å²) in [6.07, 6.45) is 1.61. The molecule has 0 saturated heterocycles. The Kier molecular flexibility index (Phi) is 5.72. The summed E-state index contributed by atoms with van der Waals surface area (Å²) < 4.78 is 34.2. The van der Waals surface area contributed by atoms with Gasteiger partial charge in [0.25, 0.3) is 10.0 Å². The van der Waals surface area contributed by atoms with E-state index in [1.165, 1.54) is 11.3 Å². The van der Waals surface area contributed by atoms with Gasteiger partial charge in [-0.25, -0.2) is 8.42 Å². The lowest BCUT2D eigenvalue weighted by Crippen LogP contribution is -2.42. The smallest absolute Gasteiger partial charge is 0.271 e. The van der Waals surface area contributed by atoms with Crippen molar-refractivity contribution in [3.8, 4) is 5.75 Å². The summed E-state index contributed by atoms with van der Waals surface area (Å²) in [6, 6.07) is 8.51. The van der Waals surface area contributed by atoms with Gasteiger partial charge in [-0.15, -0.1) is 11.3 Å². The van der Waals surface area contributed by atoms with Gasteiger partial charge in [0.1, 0.15) is 16.6 Å². The third-order valence-corrected chi connectivity index (χ3v) is 7.72. The number of carbonyl (C=O) groups is 1. The topological polar surface area (TPSA) is 75.7 Å². The van der Waals surface area contributed by atoms with E-state index in [2.05, 4.69) is 4.72 Å². The van der Waals surface area contributed by atoms with Crippen LogP contribution in [0, 0.1) is 5.41 Å². The van der Waals surface area contributed by atoms with E-state index in [0.29, 0.717) is 23.7 Å². The number of rotatable bonds is 6. The summed E-state index contributed by atoms with van der Waals surface area (Å²) in [6.45, 7) is 8.54. The van der Waals surface area contributed by atoms with Crippen LogP contribution in [0.3, 0.4) is 0 Å². The average molecular weight is 423 g/mol. The Morgan fingerprint density at radius 3 is 2.61 bits per heavy atom. The first-order valence-electron chi connectivity index (χ1n) is 9.38. The number of ether oxygens (including phenoxy) is 1. The van der Waals surface area contributed by atoms with E-state index in [-0.39, 0.29) is 16.7 Å². The highest BCUT2D eigenvalue weighted by atomic mass is 32.2. The van der Waals surface area contributed by atoms with Gasteiger partial charge in [0.2, 0.25) is 5.91 Å². The van der Waals surface area contributed by atoms with Gasteiger partial charge in [0.05, 0.1) is 16.8 Å². The molecule has 0 fully saturated rings. The zero-order valence-electron chi connectivity index (χ0n) is 16.6. The lowest BCUT2D eigenvalue weighted by atomic mass is 9.93. The number of anilines is 2. The summed E-state index contributed by atoms with van der Waals surface area (Å²) in [7, 11) is -3.66. The Bertz CT molecular complexity index is 980. The molecule has 0 radical (unpaired) electrons. The molecule has 0 bridgehead atoms. The third-order valence-electron chi connectivity index (χ3n) is 4.61. The maximum absolute atomic E-state index is 12.9. The maximum Gasteiger partial charge on any atom is 0.271 e. The number of fused-ring (bicyclic) bond motifs is 1. The van der Waals surface area contributed by atoms with Crippen molar-refractivity contribution in [3.63, 3.8) is 0 Å². The average Bonchev–Trinajstić information content (AvgIpc) is 3.11. The van der Waals surface area contributed by atoms with Crippen LogP contribution in [0.5, 0.6) is 5.75 Å². The fourth-order valence-electron chi connectivity index (χ4n) is 3.05. The Balaban J connectivity index is 1.93. The van der Waals surface area contributed by atoms with Gasteiger partial charge in [0.15, 0.2) is 0 Å². The largest absolute Gasteiger partial charge is 0.490 e. The maximum atomic E-state index is 12.9. The highest BCUT2D eigenvalue weighted by Gasteiger charge is 2.37. The second-order valence-corrected chi connectivity index (χ2v) is 10.6. The number of nitrogens with zero attached hydrogens (tertiary/aromatic N) is 1. The number of aryl methyl sites for hydroxylation is 1. The minimum atomic E-state index is -3.66. The first-order valence-corrected chi connectivity index (χ1v) is 11.7. The minimum Gasteiger partial charge on any atom is -0.490 e. The van der Waals surface area contributed by atoms with E-state index < -0.39 is 15.4 Å². The molecule has 0 unspecified atom stereocenters. The molecule has 1 aliphatic heterocycles. The first-order chi connectivity index (χ1) is 13.2. The standard InChI is InChI=1S/C20H26N2O4S2/c1-5-11-22-16-9-7-14(12-17(16)26-13-20(3,4)19(22)23)21-28(24,25)18-10-8-15(6-2)27-18/h7-10,12,21H,5-6,11,13H2,1-4H3. The molecule has 3 rings (SSSR count). The second kappa shape index (κ2) is 7.75. The quantitative estimate of drug-likeness (QED) is 0.754. The molecular formula is C20H26N2O4S2. The van der Waals surface area contributed by atoms with Gasteiger partial charge in [-0.3, -0.25) is 9.52 Å². The third kappa shape index (κ3) is 4.03. The van der Waals surface area contributed by atoms with Crippen molar-refractivity contribution in [1.29, 1.82) is 0 Å². The van der Waals surface area contributed by atoms with E-state index >= 15 is 0 Å². The molecule has 152 valence electrons. The van der Waals surface area contributed by atoms with Crippen LogP contribution in [-0.4, -0.2) is 27.5 Å². The predicted octanol–water partition coefficient (Wildman–Crippen LogP) is 4.27. The molecule has 28 heavy (non-hydrogen) atoms. The van der Waals surface area contributed by atoms with Gasteiger partial charge in [-0.05, 0) is 51.0 Å². The molecule has 1 aliphatic rings. The van der Waals surface area contributed by atoms with Gasteiger partial charge in [-0.2, -0.15) is 0 Å². The molecule has 0 atom stereocenters. The van der Waals surface area contributed by atoms with Gasteiger partial charge >= 0.3 is 0 Å². The fourth-order valence-corrected chi connectivity index (χ4v) is 5.40. The molecule has 8 heteroatoms. The number of hydrogen-bond acceptors (Lipinski definition) is 5. The van der Waals surface area contributed by atoms with Crippen molar-refractivity contribution < 1.29 is 17.9 Å². The minimum absolute atomic E-state index is 0.00658.